The maximum absolute atomic E-state index is 12.3. The Labute approximate surface area is 121 Å². The van der Waals surface area contributed by atoms with Crippen LogP contribution in [0.15, 0.2) is 11.8 Å². The van der Waals surface area contributed by atoms with Crippen molar-refractivity contribution in [2.75, 3.05) is 33.8 Å². The molecule has 0 aromatic heterocycles. The zero-order valence-electron chi connectivity index (χ0n) is 12.9. The fourth-order valence-corrected chi connectivity index (χ4v) is 2.43. The monoisotopic (exact) mass is 282 g/mol. The van der Waals surface area contributed by atoms with Crippen molar-refractivity contribution in [1.82, 2.24) is 9.80 Å². The Balaban J connectivity index is 2.34. The number of likely N-dealkylation sites (N-methyl/N-ethyl adjacent to an activating group) is 2. The van der Waals surface area contributed by atoms with E-state index in [1.54, 1.807) is 0 Å². The molecule has 0 unspecified atom stereocenters. The van der Waals surface area contributed by atoms with Gasteiger partial charge < -0.3 is 9.64 Å². The summed E-state index contributed by atoms with van der Waals surface area (Å²) in [6, 6.07) is 0. The minimum absolute atomic E-state index is 0.140. The quantitative estimate of drug-likeness (QED) is 0.637. The molecule has 0 atom stereocenters. The van der Waals surface area contributed by atoms with Crippen LogP contribution in [0.2, 0.25) is 0 Å². The highest BCUT2D eigenvalue weighted by molar-refractivity contribution is 5.80. The smallest absolute Gasteiger partial charge is 0.305 e. The molecule has 0 radical (unpaired) electrons. The Morgan fingerprint density at radius 1 is 1.40 bits per heavy atom. The van der Waals surface area contributed by atoms with E-state index in [0.29, 0.717) is 19.4 Å². The standard InChI is InChI=1S/C15H26N2O3/c1-4-17(13-8-5-6-9-13)14(18)12-16(2)11-7-10-15(19)20-3/h8H,4-7,9-12H2,1-3H3. The number of carbonyl (C=O) groups is 2. The second-order valence-corrected chi connectivity index (χ2v) is 5.14. The van der Waals surface area contributed by atoms with Gasteiger partial charge in [0.15, 0.2) is 0 Å². The summed E-state index contributed by atoms with van der Waals surface area (Å²) in [5.41, 5.74) is 1.17. The van der Waals surface area contributed by atoms with Crippen molar-refractivity contribution in [3.8, 4) is 0 Å². The maximum Gasteiger partial charge on any atom is 0.305 e. The first-order valence-corrected chi connectivity index (χ1v) is 7.33. The van der Waals surface area contributed by atoms with E-state index in [4.69, 9.17) is 0 Å². The molecule has 0 saturated carbocycles. The third-order valence-corrected chi connectivity index (χ3v) is 3.53. The molecule has 0 fully saturated rings. The van der Waals surface area contributed by atoms with Gasteiger partial charge in [-0.1, -0.05) is 6.08 Å². The summed E-state index contributed by atoms with van der Waals surface area (Å²) in [5, 5.41) is 0. The summed E-state index contributed by atoms with van der Waals surface area (Å²) >= 11 is 0. The van der Waals surface area contributed by atoms with Crippen molar-refractivity contribution < 1.29 is 14.3 Å². The molecule has 20 heavy (non-hydrogen) atoms. The molecule has 1 aliphatic carbocycles. The third-order valence-electron chi connectivity index (χ3n) is 3.53. The summed E-state index contributed by atoms with van der Waals surface area (Å²) in [4.78, 5) is 27.1. The highest BCUT2D eigenvalue weighted by Gasteiger charge is 2.19. The fraction of sp³-hybridized carbons (Fsp3) is 0.733. The summed E-state index contributed by atoms with van der Waals surface area (Å²) in [7, 11) is 3.30. The summed E-state index contributed by atoms with van der Waals surface area (Å²) < 4.78 is 4.60. The number of nitrogens with zero attached hydrogens (tertiary/aromatic N) is 2. The van der Waals surface area contributed by atoms with E-state index in [9.17, 15) is 9.59 Å². The lowest BCUT2D eigenvalue weighted by Crippen LogP contribution is -2.38. The van der Waals surface area contributed by atoms with E-state index in [2.05, 4.69) is 10.8 Å². The molecule has 5 heteroatoms. The molecule has 0 spiro atoms. The topological polar surface area (TPSA) is 49.9 Å². The van der Waals surface area contributed by atoms with E-state index in [1.807, 2.05) is 23.8 Å². The van der Waals surface area contributed by atoms with Crippen molar-refractivity contribution in [2.45, 2.75) is 39.0 Å². The Morgan fingerprint density at radius 3 is 2.70 bits per heavy atom. The number of ether oxygens (including phenoxy) is 1. The van der Waals surface area contributed by atoms with Crippen LogP contribution in [0.25, 0.3) is 0 Å². The van der Waals surface area contributed by atoms with Crippen LogP contribution >= 0.6 is 0 Å². The van der Waals surface area contributed by atoms with Crippen LogP contribution in [-0.2, 0) is 14.3 Å². The Bertz CT molecular complexity index is 366. The zero-order chi connectivity index (χ0) is 15.0. The SMILES string of the molecule is CCN(C(=O)CN(C)CCCC(=O)OC)C1=CCCC1. The molecule has 0 saturated heterocycles. The lowest BCUT2D eigenvalue weighted by Gasteiger charge is -2.25. The number of hydrogen-bond acceptors (Lipinski definition) is 4. The Morgan fingerprint density at radius 2 is 2.15 bits per heavy atom. The number of amides is 1. The van der Waals surface area contributed by atoms with Crippen LogP contribution < -0.4 is 0 Å². The van der Waals surface area contributed by atoms with Crippen molar-refractivity contribution >= 4 is 11.9 Å². The number of esters is 1. The minimum atomic E-state index is -0.198. The van der Waals surface area contributed by atoms with Crippen molar-refractivity contribution in [2.24, 2.45) is 0 Å². The predicted octanol–water partition coefficient (Wildman–Crippen LogP) is 1.79. The highest BCUT2D eigenvalue weighted by Crippen LogP contribution is 2.21. The van der Waals surface area contributed by atoms with Crippen LogP contribution in [0.5, 0.6) is 0 Å². The summed E-state index contributed by atoms with van der Waals surface area (Å²) in [5.74, 6) is -0.0581. The molecule has 0 aromatic rings. The molecule has 0 heterocycles. The Kier molecular flexibility index (Phi) is 7.30. The van der Waals surface area contributed by atoms with E-state index in [1.165, 1.54) is 12.8 Å². The largest absolute Gasteiger partial charge is 0.469 e. The van der Waals surface area contributed by atoms with Gasteiger partial charge in [-0.25, -0.2) is 0 Å². The van der Waals surface area contributed by atoms with Crippen LogP contribution in [0.3, 0.4) is 0 Å². The lowest BCUT2D eigenvalue weighted by atomic mass is 10.2. The molecule has 0 bridgehead atoms. The van der Waals surface area contributed by atoms with Crippen LogP contribution in [-0.4, -0.2) is 55.5 Å². The number of methoxy groups -OCH3 is 1. The molecule has 5 nitrogen and oxygen atoms in total. The van der Waals surface area contributed by atoms with Crippen LogP contribution in [0.1, 0.15) is 39.0 Å². The molecule has 0 aliphatic heterocycles. The van der Waals surface area contributed by atoms with Gasteiger partial charge in [-0.05, 0) is 46.2 Å². The Hall–Kier alpha value is -1.36. The predicted molar refractivity (Wildman–Crippen MR) is 78.1 cm³/mol. The van der Waals surface area contributed by atoms with Gasteiger partial charge in [-0.3, -0.25) is 14.5 Å². The average molecular weight is 282 g/mol. The van der Waals surface area contributed by atoms with Gasteiger partial charge in [0.05, 0.1) is 13.7 Å². The second kappa shape index (κ2) is 8.74. The van der Waals surface area contributed by atoms with Gasteiger partial charge in [0.1, 0.15) is 0 Å². The van der Waals surface area contributed by atoms with Gasteiger partial charge in [0.25, 0.3) is 0 Å². The van der Waals surface area contributed by atoms with Gasteiger partial charge in [0.2, 0.25) is 5.91 Å². The molecule has 1 aliphatic rings. The van der Waals surface area contributed by atoms with Gasteiger partial charge >= 0.3 is 5.97 Å². The number of allylic oxidation sites excluding steroid dienone is 2. The van der Waals surface area contributed by atoms with Crippen LogP contribution in [0, 0.1) is 0 Å². The number of hydrogen-bond donors (Lipinski definition) is 0. The van der Waals surface area contributed by atoms with Crippen molar-refractivity contribution in [3.05, 3.63) is 11.8 Å². The summed E-state index contributed by atoms with van der Waals surface area (Å²) in [6.45, 7) is 3.85. The third kappa shape index (κ3) is 5.33. The molecule has 0 N–H and O–H groups in total. The number of carbonyl (C=O) groups excluding carboxylic acids is 2. The molecule has 0 aromatic carbocycles. The van der Waals surface area contributed by atoms with Crippen molar-refractivity contribution in [1.29, 1.82) is 0 Å². The summed E-state index contributed by atoms with van der Waals surface area (Å²) in [6.07, 6.45) is 6.51. The molecule has 1 rings (SSSR count). The van der Waals surface area contributed by atoms with E-state index >= 15 is 0 Å². The zero-order valence-corrected chi connectivity index (χ0v) is 12.9. The van der Waals surface area contributed by atoms with E-state index < -0.39 is 0 Å². The number of rotatable bonds is 8. The first kappa shape index (κ1) is 16.7. The van der Waals surface area contributed by atoms with Crippen molar-refractivity contribution in [3.63, 3.8) is 0 Å². The normalized spacial score (nSPS) is 14.3. The first-order valence-electron chi connectivity index (χ1n) is 7.33. The molecular formula is C15H26N2O3. The van der Waals surface area contributed by atoms with E-state index in [-0.39, 0.29) is 11.9 Å². The maximum atomic E-state index is 12.3. The van der Waals surface area contributed by atoms with Gasteiger partial charge in [-0.15, -0.1) is 0 Å². The fourth-order valence-electron chi connectivity index (χ4n) is 2.43. The average Bonchev–Trinajstić information content (AvgIpc) is 2.93. The molecule has 1 amide bonds. The minimum Gasteiger partial charge on any atom is -0.469 e. The second-order valence-electron chi connectivity index (χ2n) is 5.14. The molecular weight excluding hydrogens is 256 g/mol. The lowest BCUT2D eigenvalue weighted by molar-refractivity contribution is -0.140. The molecule has 114 valence electrons. The van der Waals surface area contributed by atoms with Gasteiger partial charge in [-0.2, -0.15) is 0 Å². The van der Waals surface area contributed by atoms with E-state index in [0.717, 1.165) is 32.4 Å². The highest BCUT2D eigenvalue weighted by atomic mass is 16.5. The van der Waals surface area contributed by atoms with Gasteiger partial charge in [0, 0.05) is 18.7 Å². The van der Waals surface area contributed by atoms with Crippen LogP contribution in [0.4, 0.5) is 0 Å². The first-order chi connectivity index (χ1) is 9.58.